The van der Waals surface area contributed by atoms with Crippen LogP contribution in [-0.2, 0) is 4.79 Å². The summed E-state index contributed by atoms with van der Waals surface area (Å²) in [6.07, 6.45) is 3.24. The fourth-order valence-electron chi connectivity index (χ4n) is 2.96. The number of fused-ring (bicyclic) bond motifs is 1. The summed E-state index contributed by atoms with van der Waals surface area (Å²) in [7, 11) is -1.55. The molecule has 0 unspecified atom stereocenters. The fourth-order valence-corrected chi connectivity index (χ4v) is 2.96. The van der Waals surface area contributed by atoms with Crippen LogP contribution in [0.25, 0.3) is 33.3 Å². The third-order valence-corrected chi connectivity index (χ3v) is 4.26. The van der Waals surface area contributed by atoms with Gasteiger partial charge in [0.1, 0.15) is 0 Å². The van der Waals surface area contributed by atoms with Gasteiger partial charge in [0.2, 0.25) is 0 Å². The molecule has 0 fully saturated rings. The molecule has 0 spiro atoms. The third kappa shape index (κ3) is 4.37. The highest BCUT2D eigenvalue weighted by Gasteiger charge is 2.16. The van der Waals surface area contributed by atoms with Crippen molar-refractivity contribution in [3.05, 3.63) is 67.0 Å². The number of benzene rings is 2. The number of hydrogen-bond donors (Lipinski definition) is 4. The van der Waals surface area contributed by atoms with E-state index in [9.17, 15) is 10.0 Å². The molecule has 0 aliphatic rings. The lowest BCUT2D eigenvalue weighted by molar-refractivity contribution is -0.122. The van der Waals surface area contributed by atoms with Gasteiger partial charge in [0.05, 0.1) is 23.1 Å². The van der Waals surface area contributed by atoms with Crippen molar-refractivity contribution in [1.29, 1.82) is 0 Å². The van der Waals surface area contributed by atoms with Gasteiger partial charge in [-0.3, -0.25) is 9.78 Å². The maximum atomic E-state index is 9.57. The number of aromatic nitrogens is 3. The first-order valence-corrected chi connectivity index (χ1v) is 8.55. The van der Waals surface area contributed by atoms with Gasteiger partial charge in [0.15, 0.2) is 0 Å². The largest absolute Gasteiger partial charge is 0.488 e. The van der Waals surface area contributed by atoms with Crippen LogP contribution in [0.5, 0.6) is 0 Å². The van der Waals surface area contributed by atoms with Gasteiger partial charge in [-0.05, 0) is 40.9 Å². The van der Waals surface area contributed by atoms with Crippen molar-refractivity contribution < 1.29 is 19.9 Å². The third-order valence-electron chi connectivity index (χ3n) is 4.26. The first kappa shape index (κ1) is 19.9. The zero-order valence-electron chi connectivity index (χ0n) is 15.2. The Hall–Kier alpha value is -3.82. The minimum Gasteiger partial charge on any atom is -0.483 e. The summed E-state index contributed by atoms with van der Waals surface area (Å²) in [5.74, 6) is 0. The van der Waals surface area contributed by atoms with Crippen molar-refractivity contribution in [2.45, 2.75) is 0 Å². The van der Waals surface area contributed by atoms with Crippen LogP contribution >= 0.6 is 0 Å². The molecule has 4 rings (SSSR count). The standard InChI is InChI=1S/C19H15BN4O2.CH2O2/c21-17-11-23-24-19-9-12(4-6-15(17)19)16-10-13(20(25)26)5-7-14(16)18-3-1-2-8-22-18;2-1-3/h1-11,25-26H,(H2,21,24);1H,(H,2,3). The molecule has 2 aromatic heterocycles. The van der Waals surface area contributed by atoms with E-state index in [1.807, 2.05) is 42.5 Å². The smallest absolute Gasteiger partial charge is 0.483 e. The molecular formula is C20H17BN4O4. The molecule has 5 N–H and O–H groups in total. The van der Waals surface area contributed by atoms with Crippen molar-refractivity contribution >= 4 is 35.6 Å². The minimum atomic E-state index is -1.55. The van der Waals surface area contributed by atoms with E-state index in [-0.39, 0.29) is 6.47 Å². The van der Waals surface area contributed by atoms with Crippen molar-refractivity contribution in [2.24, 2.45) is 0 Å². The average molecular weight is 388 g/mol. The number of anilines is 1. The van der Waals surface area contributed by atoms with E-state index in [4.69, 9.17) is 15.6 Å². The monoisotopic (exact) mass is 388 g/mol. The van der Waals surface area contributed by atoms with Gasteiger partial charge in [-0.1, -0.05) is 30.3 Å². The predicted molar refractivity (Wildman–Crippen MR) is 111 cm³/mol. The quantitative estimate of drug-likeness (QED) is 0.304. The molecule has 29 heavy (non-hydrogen) atoms. The van der Waals surface area contributed by atoms with Crippen molar-refractivity contribution in [1.82, 2.24) is 15.2 Å². The van der Waals surface area contributed by atoms with Crippen LogP contribution in [-0.4, -0.2) is 43.9 Å². The molecule has 0 saturated carbocycles. The van der Waals surface area contributed by atoms with E-state index < -0.39 is 7.12 Å². The second-order valence-corrected chi connectivity index (χ2v) is 6.03. The van der Waals surface area contributed by atoms with Crippen LogP contribution < -0.4 is 11.2 Å². The highest BCUT2D eigenvalue weighted by atomic mass is 16.4. The summed E-state index contributed by atoms with van der Waals surface area (Å²) in [6, 6.07) is 16.6. The van der Waals surface area contributed by atoms with Gasteiger partial charge >= 0.3 is 7.12 Å². The van der Waals surface area contributed by atoms with Gasteiger partial charge in [-0.25, -0.2) is 0 Å². The SMILES string of the molecule is Nc1cnnc2cc(-c3cc(B(O)O)ccc3-c3ccccn3)ccc12.O=CO. The number of rotatable bonds is 3. The van der Waals surface area contributed by atoms with Crippen LogP contribution in [0.1, 0.15) is 0 Å². The van der Waals surface area contributed by atoms with Crippen molar-refractivity contribution in [2.75, 3.05) is 5.73 Å². The summed E-state index contributed by atoms with van der Waals surface area (Å²) in [6.45, 7) is -0.250. The molecule has 4 aromatic rings. The summed E-state index contributed by atoms with van der Waals surface area (Å²) < 4.78 is 0. The first-order chi connectivity index (χ1) is 14.0. The molecule has 0 saturated heterocycles. The molecule has 0 radical (unpaired) electrons. The lowest BCUT2D eigenvalue weighted by atomic mass is 9.77. The van der Waals surface area contributed by atoms with Gasteiger partial charge in [0.25, 0.3) is 6.47 Å². The Kier molecular flexibility index (Phi) is 6.13. The van der Waals surface area contributed by atoms with E-state index >= 15 is 0 Å². The fraction of sp³-hybridized carbons (Fsp3) is 0. The Bertz CT molecular complexity index is 1140. The van der Waals surface area contributed by atoms with E-state index in [0.717, 1.165) is 27.8 Å². The summed E-state index contributed by atoms with van der Waals surface area (Å²) in [5, 5.41) is 34.9. The topological polar surface area (TPSA) is 142 Å². The lowest BCUT2D eigenvalue weighted by Crippen LogP contribution is -2.29. The van der Waals surface area contributed by atoms with Crippen LogP contribution in [0.3, 0.4) is 0 Å². The maximum Gasteiger partial charge on any atom is 0.488 e. The zero-order chi connectivity index (χ0) is 20.8. The predicted octanol–water partition coefficient (Wildman–Crippen LogP) is 1.32. The van der Waals surface area contributed by atoms with Crippen LogP contribution in [0.4, 0.5) is 5.69 Å². The second-order valence-electron chi connectivity index (χ2n) is 6.03. The van der Waals surface area contributed by atoms with Crippen LogP contribution in [0.2, 0.25) is 0 Å². The highest BCUT2D eigenvalue weighted by Crippen LogP contribution is 2.32. The molecule has 0 aliphatic carbocycles. The van der Waals surface area contributed by atoms with Gasteiger partial charge in [-0.2, -0.15) is 10.2 Å². The number of carbonyl (C=O) groups is 1. The minimum absolute atomic E-state index is 0.250. The number of pyridine rings is 1. The molecule has 2 aromatic carbocycles. The molecular weight excluding hydrogens is 371 g/mol. The molecule has 0 aliphatic heterocycles. The molecule has 0 amide bonds. The summed E-state index contributed by atoms with van der Waals surface area (Å²) >= 11 is 0. The van der Waals surface area contributed by atoms with E-state index in [0.29, 0.717) is 16.7 Å². The zero-order valence-corrected chi connectivity index (χ0v) is 15.2. The maximum absolute atomic E-state index is 9.57. The van der Waals surface area contributed by atoms with Crippen molar-refractivity contribution in [3.8, 4) is 22.4 Å². The van der Waals surface area contributed by atoms with E-state index in [1.165, 1.54) is 6.20 Å². The van der Waals surface area contributed by atoms with Crippen LogP contribution in [0.15, 0.2) is 67.0 Å². The van der Waals surface area contributed by atoms with Gasteiger partial charge in [0, 0.05) is 17.1 Å². The van der Waals surface area contributed by atoms with E-state index in [2.05, 4.69) is 15.2 Å². The summed E-state index contributed by atoms with van der Waals surface area (Å²) in [4.78, 5) is 12.8. The molecule has 8 nitrogen and oxygen atoms in total. The Labute approximate surface area is 166 Å². The average Bonchev–Trinajstić information content (AvgIpc) is 2.74. The number of nitrogens with two attached hydrogens (primary N) is 1. The molecule has 0 bridgehead atoms. The number of nitrogen functional groups attached to an aromatic ring is 1. The number of hydrogen-bond acceptors (Lipinski definition) is 7. The molecule has 2 heterocycles. The Morgan fingerprint density at radius 1 is 1.00 bits per heavy atom. The normalized spacial score (nSPS) is 10.1. The number of carboxylic acid groups (broad SMARTS) is 1. The number of nitrogens with zero attached hydrogens (tertiary/aromatic N) is 3. The Morgan fingerprint density at radius 2 is 1.79 bits per heavy atom. The lowest BCUT2D eigenvalue weighted by Gasteiger charge is -2.13. The highest BCUT2D eigenvalue weighted by molar-refractivity contribution is 6.58. The first-order valence-electron chi connectivity index (χ1n) is 8.55. The Balaban J connectivity index is 0.000000755. The van der Waals surface area contributed by atoms with Gasteiger partial charge in [-0.15, -0.1) is 0 Å². The van der Waals surface area contributed by atoms with Crippen molar-refractivity contribution in [3.63, 3.8) is 0 Å². The summed E-state index contributed by atoms with van der Waals surface area (Å²) in [5.41, 5.74) is 10.9. The van der Waals surface area contributed by atoms with Gasteiger partial charge < -0.3 is 20.9 Å². The molecule has 144 valence electrons. The molecule has 9 heteroatoms. The van der Waals surface area contributed by atoms with E-state index in [1.54, 1.807) is 18.3 Å². The van der Waals surface area contributed by atoms with Crippen LogP contribution in [0, 0.1) is 0 Å². The molecule has 0 atom stereocenters. The Morgan fingerprint density at radius 3 is 2.48 bits per heavy atom. The second kappa shape index (κ2) is 8.92.